The van der Waals surface area contributed by atoms with E-state index in [1.807, 2.05) is 0 Å². The van der Waals surface area contributed by atoms with Crippen LogP contribution in [-0.2, 0) is 5.41 Å². The lowest BCUT2D eigenvalue weighted by molar-refractivity contribution is 0.661. The van der Waals surface area contributed by atoms with Gasteiger partial charge in [0, 0.05) is 33.1 Å². The van der Waals surface area contributed by atoms with Crippen LogP contribution in [-0.4, -0.2) is 14.1 Å². The Bertz CT molecular complexity index is 2370. The van der Waals surface area contributed by atoms with Crippen LogP contribution in [0.15, 0.2) is 140 Å². The fraction of sp³-hybridized carbons (Fsp3) is 0.0750. The van der Waals surface area contributed by atoms with Crippen LogP contribution in [0.1, 0.15) is 25.0 Å². The Morgan fingerprint density at radius 2 is 1.21 bits per heavy atom. The minimum atomic E-state index is -0.0419. The molecule has 1 aliphatic carbocycles. The lowest BCUT2D eigenvalue weighted by Gasteiger charge is -2.21. The van der Waals surface area contributed by atoms with Gasteiger partial charge in [-0.15, -0.1) is 0 Å². The van der Waals surface area contributed by atoms with Gasteiger partial charge >= 0.3 is 0 Å². The van der Waals surface area contributed by atoms with Gasteiger partial charge in [-0.25, -0.2) is 4.98 Å². The van der Waals surface area contributed by atoms with Gasteiger partial charge in [-0.1, -0.05) is 98.8 Å². The van der Waals surface area contributed by atoms with Crippen LogP contribution in [0.25, 0.3) is 66.7 Å². The van der Waals surface area contributed by atoms with Crippen molar-refractivity contribution >= 4 is 32.8 Å². The molecule has 1 aliphatic rings. The molecular weight excluding hydrogens is 522 g/mol. The quantitative estimate of drug-likeness (QED) is 0.214. The van der Waals surface area contributed by atoms with Gasteiger partial charge in [0.25, 0.3) is 0 Å². The Morgan fingerprint density at radius 3 is 2.09 bits per heavy atom. The topological polar surface area (TPSA) is 22.8 Å². The number of hydrogen-bond acceptors (Lipinski definition) is 1. The molecule has 8 aromatic rings. The molecule has 0 radical (unpaired) electrons. The number of aromatic nitrogens is 3. The Morgan fingerprint density at radius 1 is 0.488 bits per heavy atom. The molecular formula is C40H29N3. The summed E-state index contributed by atoms with van der Waals surface area (Å²) in [4.78, 5) is 5.15. The van der Waals surface area contributed by atoms with Crippen LogP contribution >= 0.6 is 0 Å². The van der Waals surface area contributed by atoms with Crippen molar-refractivity contribution in [1.82, 2.24) is 14.1 Å². The highest BCUT2D eigenvalue weighted by Crippen LogP contribution is 2.51. The van der Waals surface area contributed by atoms with Crippen LogP contribution in [0, 0.1) is 0 Å². The van der Waals surface area contributed by atoms with Gasteiger partial charge in [-0.2, -0.15) is 0 Å². The van der Waals surface area contributed by atoms with Crippen molar-refractivity contribution in [3.8, 4) is 33.9 Å². The summed E-state index contributed by atoms with van der Waals surface area (Å²) in [7, 11) is 0. The number of fused-ring (bicyclic) bond motifs is 7. The van der Waals surface area contributed by atoms with Crippen molar-refractivity contribution in [2.75, 3.05) is 0 Å². The Labute approximate surface area is 250 Å². The van der Waals surface area contributed by atoms with Gasteiger partial charge in [-0.3, -0.25) is 4.57 Å². The Hall–Kier alpha value is -5.41. The van der Waals surface area contributed by atoms with E-state index in [0.717, 1.165) is 33.8 Å². The van der Waals surface area contributed by atoms with Gasteiger partial charge in [0.05, 0.1) is 22.1 Å². The average Bonchev–Trinajstić information content (AvgIpc) is 3.67. The molecule has 0 spiro atoms. The molecule has 0 atom stereocenters. The van der Waals surface area contributed by atoms with Gasteiger partial charge in [-0.05, 0) is 76.9 Å². The summed E-state index contributed by atoms with van der Waals surface area (Å²) < 4.78 is 4.70. The normalized spacial score (nSPS) is 13.5. The van der Waals surface area contributed by atoms with Crippen molar-refractivity contribution in [2.24, 2.45) is 0 Å². The third-order valence-corrected chi connectivity index (χ3v) is 9.31. The molecule has 0 fully saturated rings. The molecule has 0 aliphatic heterocycles. The molecule has 0 N–H and O–H groups in total. The van der Waals surface area contributed by atoms with Crippen molar-refractivity contribution in [3.05, 3.63) is 151 Å². The minimum absolute atomic E-state index is 0.0419. The highest BCUT2D eigenvalue weighted by atomic mass is 15.1. The monoisotopic (exact) mass is 551 g/mol. The highest BCUT2D eigenvalue weighted by Gasteiger charge is 2.36. The molecule has 43 heavy (non-hydrogen) atoms. The first-order valence-corrected chi connectivity index (χ1v) is 14.9. The predicted octanol–water partition coefficient (Wildman–Crippen LogP) is 10.1. The van der Waals surface area contributed by atoms with E-state index in [4.69, 9.17) is 4.98 Å². The van der Waals surface area contributed by atoms with Crippen molar-refractivity contribution in [1.29, 1.82) is 0 Å². The average molecular weight is 552 g/mol. The van der Waals surface area contributed by atoms with E-state index in [9.17, 15) is 0 Å². The van der Waals surface area contributed by atoms with Crippen LogP contribution in [0.3, 0.4) is 0 Å². The number of imidazole rings is 1. The molecule has 3 heteroatoms. The van der Waals surface area contributed by atoms with Crippen molar-refractivity contribution in [2.45, 2.75) is 19.3 Å². The first-order valence-electron chi connectivity index (χ1n) is 14.9. The Kier molecular flexibility index (Phi) is 4.95. The van der Waals surface area contributed by atoms with Crippen LogP contribution < -0.4 is 0 Å². The Balaban J connectivity index is 1.31. The molecule has 204 valence electrons. The molecule has 6 aromatic carbocycles. The van der Waals surface area contributed by atoms with Crippen LogP contribution in [0.2, 0.25) is 0 Å². The lowest BCUT2D eigenvalue weighted by atomic mass is 9.82. The first kappa shape index (κ1) is 24.2. The number of rotatable bonds is 3. The van der Waals surface area contributed by atoms with Gasteiger partial charge in [0.2, 0.25) is 0 Å². The highest BCUT2D eigenvalue weighted by molar-refractivity contribution is 6.11. The number of hydrogen-bond donors (Lipinski definition) is 0. The van der Waals surface area contributed by atoms with Crippen LogP contribution in [0.5, 0.6) is 0 Å². The van der Waals surface area contributed by atoms with E-state index in [2.05, 4.69) is 163 Å². The largest absolute Gasteiger partial charge is 0.309 e. The third kappa shape index (κ3) is 3.39. The minimum Gasteiger partial charge on any atom is -0.309 e. The summed E-state index contributed by atoms with van der Waals surface area (Å²) in [5.74, 6) is 0.937. The number of nitrogens with zero attached hydrogens (tertiary/aromatic N) is 3. The number of benzene rings is 6. The van der Waals surface area contributed by atoms with E-state index in [0.29, 0.717) is 0 Å². The van der Waals surface area contributed by atoms with Crippen molar-refractivity contribution < 1.29 is 0 Å². The van der Waals surface area contributed by atoms with E-state index < -0.39 is 0 Å². The lowest BCUT2D eigenvalue weighted by Crippen LogP contribution is -2.14. The second-order valence-corrected chi connectivity index (χ2v) is 12.1. The molecule has 2 heterocycles. The predicted molar refractivity (Wildman–Crippen MR) is 178 cm³/mol. The maximum absolute atomic E-state index is 5.15. The maximum Gasteiger partial charge on any atom is 0.145 e. The zero-order valence-electron chi connectivity index (χ0n) is 24.1. The zero-order chi connectivity index (χ0) is 28.7. The summed E-state index contributed by atoms with van der Waals surface area (Å²) in [6, 6.07) is 50.3. The van der Waals surface area contributed by atoms with E-state index >= 15 is 0 Å². The second-order valence-electron chi connectivity index (χ2n) is 12.1. The summed E-state index contributed by atoms with van der Waals surface area (Å²) in [6.07, 6.45) is 0. The molecule has 3 nitrogen and oxygen atoms in total. The van der Waals surface area contributed by atoms with E-state index in [1.165, 1.54) is 44.1 Å². The fourth-order valence-electron chi connectivity index (χ4n) is 7.28. The molecule has 0 amide bonds. The van der Waals surface area contributed by atoms with Gasteiger partial charge in [0.15, 0.2) is 0 Å². The standard InChI is InChI=1S/C40H29N3/c1-40(2)33-19-8-6-17-29(33)31-25-38-32(24-34(31)40)30-18-7-10-21-36(30)42(38)28-16-12-13-26(23-28)39-41-35-20-9-11-22-37(35)43(39)27-14-4-3-5-15-27/h3-25H,1-2H3. The smallest absolute Gasteiger partial charge is 0.145 e. The van der Waals surface area contributed by atoms with E-state index in [1.54, 1.807) is 0 Å². The van der Waals surface area contributed by atoms with Crippen molar-refractivity contribution in [3.63, 3.8) is 0 Å². The maximum atomic E-state index is 5.15. The van der Waals surface area contributed by atoms with Crippen LogP contribution in [0.4, 0.5) is 0 Å². The third-order valence-electron chi connectivity index (χ3n) is 9.31. The number of para-hydroxylation sites is 4. The molecule has 0 saturated carbocycles. The molecule has 0 unspecified atom stereocenters. The molecule has 2 aromatic heterocycles. The first-order chi connectivity index (χ1) is 21.1. The molecule has 0 saturated heterocycles. The zero-order valence-corrected chi connectivity index (χ0v) is 24.1. The van der Waals surface area contributed by atoms with Gasteiger partial charge < -0.3 is 4.57 Å². The summed E-state index contributed by atoms with van der Waals surface area (Å²) >= 11 is 0. The summed E-state index contributed by atoms with van der Waals surface area (Å²) in [5, 5.41) is 2.56. The summed E-state index contributed by atoms with van der Waals surface area (Å²) in [5.41, 5.74) is 13.3. The second kappa shape index (κ2) is 8.80. The molecule has 9 rings (SSSR count). The van der Waals surface area contributed by atoms with E-state index in [-0.39, 0.29) is 5.41 Å². The van der Waals surface area contributed by atoms with Gasteiger partial charge in [0.1, 0.15) is 5.82 Å². The fourth-order valence-corrected chi connectivity index (χ4v) is 7.28. The SMILES string of the molecule is CC1(C)c2ccccc2-c2cc3c(cc21)c1ccccc1n3-c1cccc(-c2nc3ccccc3n2-c2ccccc2)c1. The molecule has 0 bridgehead atoms. The summed E-state index contributed by atoms with van der Waals surface area (Å²) in [6.45, 7) is 4.70.